The van der Waals surface area contributed by atoms with Crippen LogP contribution in [0.15, 0.2) is 51.2 Å². The quantitative estimate of drug-likeness (QED) is 0.0599. The minimum atomic E-state index is -0.218. The molecule has 3 aliphatic rings. The highest BCUT2D eigenvalue weighted by Crippen LogP contribution is 2.39. The molecule has 0 aromatic carbocycles. The summed E-state index contributed by atoms with van der Waals surface area (Å²) >= 11 is 0. The number of Topliss-reactive ketones (excluding diaryl/α,β-unsaturated/α-hetero) is 2. The van der Waals surface area contributed by atoms with E-state index in [1.54, 1.807) is 6.92 Å². The molecule has 0 amide bonds. The largest absolute Gasteiger partial charge is 0.465 e. The number of allylic oxidation sites excluding steroid dienone is 5. The number of rotatable bonds is 20. The van der Waals surface area contributed by atoms with Crippen LogP contribution in [0.3, 0.4) is 0 Å². The first-order valence-electron chi connectivity index (χ1n) is 24.3. The fourth-order valence-electron chi connectivity index (χ4n) is 10.2. The Morgan fingerprint density at radius 2 is 1.56 bits per heavy atom. The molecule has 1 aliphatic carbocycles. The molecule has 5 rings (SSSR count). The molecule has 0 saturated carbocycles. The molecule has 0 fully saturated rings. The molecule has 63 heavy (non-hydrogen) atoms. The van der Waals surface area contributed by atoms with Crippen LogP contribution >= 0.6 is 0 Å². The summed E-state index contributed by atoms with van der Waals surface area (Å²) in [5.41, 5.74) is 12.9. The molecule has 2 N–H and O–H groups in total. The summed E-state index contributed by atoms with van der Waals surface area (Å²) in [5, 5.41) is 1.69. The molecule has 0 unspecified atom stereocenters. The second-order valence-electron chi connectivity index (χ2n) is 19.9. The first kappa shape index (κ1) is 49.5. The Balaban J connectivity index is 1.28. The number of aromatic amines is 2. The smallest absolute Gasteiger partial charge is 0.305 e. The van der Waals surface area contributed by atoms with Crippen LogP contribution in [0.5, 0.6) is 0 Å². The van der Waals surface area contributed by atoms with Crippen LogP contribution in [-0.2, 0) is 9.53 Å². The molecule has 4 atom stereocenters. The highest BCUT2D eigenvalue weighted by Gasteiger charge is 2.32. The molecular weight excluding hydrogens is 779 g/mol. The third-order valence-corrected chi connectivity index (χ3v) is 14.4. The summed E-state index contributed by atoms with van der Waals surface area (Å²) in [6, 6.07) is 0. The Kier molecular flexibility index (Phi) is 17.6. The summed E-state index contributed by atoms with van der Waals surface area (Å²) in [6.07, 6.45) is 22.6. The van der Waals surface area contributed by atoms with E-state index in [0.29, 0.717) is 25.0 Å². The maximum absolute atomic E-state index is 13.7. The average molecular weight is 858 g/mol. The molecule has 0 spiro atoms. The van der Waals surface area contributed by atoms with Crippen LogP contribution in [0.4, 0.5) is 0 Å². The Labute approximate surface area is 379 Å². The van der Waals surface area contributed by atoms with Gasteiger partial charge in [0.25, 0.3) is 0 Å². The van der Waals surface area contributed by atoms with Crippen molar-refractivity contribution in [3.8, 4) is 0 Å². The number of hydrogen-bond donors (Lipinski definition) is 2. The summed E-state index contributed by atoms with van der Waals surface area (Å²) in [6.45, 7) is 30.8. The van der Waals surface area contributed by atoms with Crippen molar-refractivity contribution in [2.24, 2.45) is 34.6 Å². The molecule has 4 heterocycles. The Hall–Kier alpha value is -4.52. The Morgan fingerprint density at radius 1 is 0.889 bits per heavy atom. The zero-order valence-electron chi connectivity index (χ0n) is 41.1. The third kappa shape index (κ3) is 12.4. The number of carbonyl (C=O) groups excluding carboxylic acids is 3. The molecule has 6 bridgehead atoms. The van der Waals surface area contributed by atoms with Gasteiger partial charge in [-0.15, -0.1) is 0 Å². The number of fused-ring (bicyclic) bond motifs is 4. The Bertz CT molecular complexity index is 2330. The van der Waals surface area contributed by atoms with Crippen molar-refractivity contribution < 1.29 is 19.1 Å². The maximum Gasteiger partial charge on any atom is 0.305 e. The topological polar surface area (TPSA) is 104 Å². The van der Waals surface area contributed by atoms with Crippen molar-refractivity contribution in [3.63, 3.8) is 0 Å². The SMILES string of the molecule is C=C1C2=c3[nH]/c(c(C)c3C(=O)C2)=C\C2=NC(=C\c3[nH]c(c(C)c3C(C)=O)/C=C(\C)[C@@H](C)[C@@H]1CCC(=O)OCC/C=C(\C)CCC[C@H](C)CCC[C@H](C)CCCC(C)C)/C(C)=C2CC. The lowest BCUT2D eigenvalue weighted by molar-refractivity contribution is -0.143. The van der Waals surface area contributed by atoms with Crippen LogP contribution < -0.4 is 10.7 Å². The number of aromatic nitrogens is 2. The van der Waals surface area contributed by atoms with E-state index in [4.69, 9.17) is 9.73 Å². The van der Waals surface area contributed by atoms with Gasteiger partial charge in [-0.05, 0) is 155 Å². The van der Waals surface area contributed by atoms with Crippen LogP contribution in [0.2, 0.25) is 0 Å². The molecular formula is C56H79N3O4. The number of carbonyl (C=O) groups is 3. The second kappa shape index (κ2) is 22.4. The van der Waals surface area contributed by atoms with Crippen LogP contribution in [0, 0.1) is 43.4 Å². The van der Waals surface area contributed by atoms with Gasteiger partial charge in [-0.1, -0.05) is 110 Å². The number of aliphatic imine (C=N–C) groups is 1. The van der Waals surface area contributed by atoms with Gasteiger partial charge in [-0.3, -0.25) is 14.4 Å². The van der Waals surface area contributed by atoms with E-state index in [2.05, 4.69) is 97.1 Å². The van der Waals surface area contributed by atoms with Gasteiger partial charge in [0.2, 0.25) is 0 Å². The molecule has 7 nitrogen and oxygen atoms in total. The highest BCUT2D eigenvalue weighted by molar-refractivity contribution is 6.24. The highest BCUT2D eigenvalue weighted by atomic mass is 16.5. The summed E-state index contributed by atoms with van der Waals surface area (Å²) in [4.78, 5) is 52.5. The number of ether oxygens (including phenoxy) is 1. The van der Waals surface area contributed by atoms with Crippen molar-refractivity contribution in [1.29, 1.82) is 0 Å². The molecule has 342 valence electrons. The first-order chi connectivity index (χ1) is 29.9. The van der Waals surface area contributed by atoms with Crippen molar-refractivity contribution in [1.82, 2.24) is 9.97 Å². The first-order valence-corrected chi connectivity index (χ1v) is 24.3. The number of nitrogens with zero attached hydrogens (tertiary/aromatic N) is 1. The number of ketones is 2. The predicted molar refractivity (Wildman–Crippen MR) is 264 cm³/mol. The minimum Gasteiger partial charge on any atom is -0.465 e. The molecule has 0 saturated heterocycles. The van der Waals surface area contributed by atoms with Crippen LogP contribution in [0.1, 0.15) is 202 Å². The molecule has 2 aromatic heterocycles. The minimum absolute atomic E-state index is 0.00600. The predicted octanol–water partition coefficient (Wildman–Crippen LogP) is 13.2. The van der Waals surface area contributed by atoms with E-state index in [9.17, 15) is 14.4 Å². The van der Waals surface area contributed by atoms with Gasteiger partial charge >= 0.3 is 5.97 Å². The molecule has 0 radical (unpaired) electrons. The standard InChI is InChI=1S/C56H79N3O4/c1-14-44-40(10)48-32-51-54(43(13)60)41(11)47(58-51)29-37(7)38(8)45(39(9)46-30-52(61)55-42(12)49(59-56(46)55)31-50(44)57-48)26-27-53(62)63-28-18-25-36(6)24-17-23-35(5)22-16-21-34(4)20-15-19-33(2)3/h25,29,31-35,38,45,58-59H,9,14-24,26-28,30H2,1-8,10-13H3/b36-25+,37-29+,48-32-,49-31-/t34-,35-,38-,45+/m1/s1. The van der Waals surface area contributed by atoms with E-state index in [-0.39, 0.29) is 42.2 Å². The van der Waals surface area contributed by atoms with Crippen LogP contribution in [0.25, 0.3) is 23.8 Å². The number of hydrogen-bond acceptors (Lipinski definition) is 5. The lowest BCUT2D eigenvalue weighted by Gasteiger charge is -2.27. The summed E-state index contributed by atoms with van der Waals surface area (Å²) in [5.74, 6) is 2.10. The number of esters is 1. The van der Waals surface area contributed by atoms with Gasteiger partial charge < -0.3 is 14.7 Å². The monoisotopic (exact) mass is 858 g/mol. The van der Waals surface area contributed by atoms with Crippen molar-refractivity contribution in [2.45, 2.75) is 173 Å². The number of nitrogens with one attached hydrogen (secondary N) is 2. The average Bonchev–Trinajstić information content (AvgIpc) is 3.92. The van der Waals surface area contributed by atoms with Gasteiger partial charge in [0.05, 0.1) is 29.1 Å². The lowest BCUT2D eigenvalue weighted by atomic mass is 9.77. The summed E-state index contributed by atoms with van der Waals surface area (Å²) < 4.78 is 5.81. The lowest BCUT2D eigenvalue weighted by Crippen LogP contribution is -2.21. The van der Waals surface area contributed by atoms with Crippen molar-refractivity contribution in [3.05, 3.63) is 90.6 Å². The van der Waals surface area contributed by atoms with Crippen molar-refractivity contribution in [2.75, 3.05) is 6.61 Å². The molecule has 2 aliphatic heterocycles. The van der Waals surface area contributed by atoms with E-state index in [0.717, 1.165) is 109 Å². The van der Waals surface area contributed by atoms with Gasteiger partial charge in [-0.2, -0.15) is 0 Å². The van der Waals surface area contributed by atoms with E-state index < -0.39 is 0 Å². The van der Waals surface area contributed by atoms with Gasteiger partial charge in [0, 0.05) is 35.0 Å². The van der Waals surface area contributed by atoms with Gasteiger partial charge in [0.15, 0.2) is 11.6 Å². The van der Waals surface area contributed by atoms with Crippen LogP contribution in [-0.4, -0.2) is 39.8 Å². The van der Waals surface area contributed by atoms with E-state index in [1.807, 2.05) is 19.9 Å². The van der Waals surface area contributed by atoms with E-state index >= 15 is 0 Å². The second-order valence-corrected chi connectivity index (χ2v) is 19.9. The van der Waals surface area contributed by atoms with Gasteiger partial charge in [0.1, 0.15) is 0 Å². The zero-order valence-corrected chi connectivity index (χ0v) is 41.1. The van der Waals surface area contributed by atoms with Crippen molar-refractivity contribution >= 4 is 47.0 Å². The normalized spacial score (nSPS) is 21.2. The maximum atomic E-state index is 13.7. The fraction of sp³-hybridized carbons (Fsp3) is 0.571. The zero-order chi connectivity index (χ0) is 46.1. The molecule has 2 aromatic rings. The third-order valence-electron chi connectivity index (χ3n) is 14.4. The Morgan fingerprint density at radius 3 is 2.21 bits per heavy atom. The number of H-pyrrole nitrogens is 2. The van der Waals surface area contributed by atoms with Gasteiger partial charge in [-0.25, -0.2) is 4.99 Å². The molecule has 7 heteroatoms. The summed E-state index contributed by atoms with van der Waals surface area (Å²) in [7, 11) is 0. The van der Waals surface area contributed by atoms with E-state index in [1.165, 1.54) is 56.9 Å². The fourth-order valence-corrected chi connectivity index (χ4v) is 10.2.